The molecule has 0 heterocycles. The van der Waals surface area contributed by atoms with Crippen LogP contribution in [0.5, 0.6) is 0 Å². The molecule has 4 aromatic rings. The molecule has 0 aliphatic rings. The van der Waals surface area contributed by atoms with E-state index in [1.165, 1.54) is 27.0 Å². The summed E-state index contributed by atoms with van der Waals surface area (Å²) >= 11 is 3.56. The van der Waals surface area contributed by atoms with Gasteiger partial charge >= 0.3 is 177 Å². The van der Waals surface area contributed by atoms with Gasteiger partial charge in [-0.15, -0.1) is 0 Å². The van der Waals surface area contributed by atoms with Crippen LogP contribution >= 0.6 is 23.2 Å². The fraction of sp³-hybridized carbons (Fsp3) is 0.0769. The molecule has 140 valence electrons. The first kappa shape index (κ1) is 19.1. The van der Waals surface area contributed by atoms with Crippen molar-refractivity contribution in [3.05, 3.63) is 126 Å². The van der Waals surface area contributed by atoms with Crippen LogP contribution < -0.4 is 15.9 Å². The van der Waals surface area contributed by atoms with E-state index in [2.05, 4.69) is 131 Å². The van der Waals surface area contributed by atoms with Crippen molar-refractivity contribution < 1.29 is 0 Å². The van der Waals surface area contributed by atoms with Crippen molar-refractivity contribution in [2.45, 2.75) is 11.5 Å². The van der Waals surface area contributed by atoms with Crippen molar-refractivity contribution >= 4 is 39.1 Å². The Morgan fingerprint density at radius 3 is 1.18 bits per heavy atom. The van der Waals surface area contributed by atoms with Gasteiger partial charge in [-0.1, -0.05) is 0 Å². The zero-order valence-electron chi connectivity index (χ0n) is 15.8. The van der Waals surface area contributed by atoms with E-state index in [-0.39, 0.29) is 0 Å². The standard InChI is InChI=1S/C26H24BrP/c27-20-22-16-18-23(19-17-22)21-28(24-10-4-1-5-11-24,25-12-6-2-7-13-25)26-14-8-3-9-15-26/h1-19,28H,20-21H2. The normalized spacial score (nSPS) is 11.9. The van der Waals surface area contributed by atoms with E-state index in [0.717, 1.165) is 11.5 Å². The fourth-order valence-electron chi connectivity index (χ4n) is 4.03. The molecule has 2 heteroatoms. The fourth-order valence-corrected chi connectivity index (χ4v) is 9.15. The van der Waals surface area contributed by atoms with E-state index in [9.17, 15) is 0 Å². The van der Waals surface area contributed by atoms with Crippen molar-refractivity contribution in [1.82, 2.24) is 0 Å². The number of alkyl halides is 1. The second-order valence-electron chi connectivity index (χ2n) is 7.13. The molecule has 0 aromatic heterocycles. The average Bonchev–Trinajstić information content (AvgIpc) is 2.80. The molecule has 0 radical (unpaired) electrons. The van der Waals surface area contributed by atoms with Crippen molar-refractivity contribution in [1.29, 1.82) is 0 Å². The van der Waals surface area contributed by atoms with Gasteiger partial charge in [0.15, 0.2) is 0 Å². The Morgan fingerprint density at radius 1 is 0.464 bits per heavy atom. The molecule has 4 aromatic carbocycles. The van der Waals surface area contributed by atoms with Crippen molar-refractivity contribution in [3.63, 3.8) is 0 Å². The molecule has 0 bridgehead atoms. The number of halogens is 1. The third-order valence-corrected chi connectivity index (χ3v) is 11.0. The average molecular weight is 447 g/mol. The first-order chi connectivity index (χ1) is 13.8. The number of hydrogen-bond acceptors (Lipinski definition) is 0. The zero-order chi connectivity index (χ0) is 19.2. The Kier molecular flexibility index (Phi) is 6.05. The second kappa shape index (κ2) is 8.86. The van der Waals surface area contributed by atoms with Gasteiger partial charge in [-0.05, 0) is 0 Å². The molecule has 0 aliphatic carbocycles. The summed E-state index contributed by atoms with van der Waals surface area (Å²) in [6, 6.07) is 42.4. The summed E-state index contributed by atoms with van der Waals surface area (Å²) in [5, 5.41) is 5.26. The molecular weight excluding hydrogens is 423 g/mol. The molecule has 4 rings (SSSR count). The quantitative estimate of drug-likeness (QED) is 0.259. The SMILES string of the molecule is BrCc1ccc(C[PH](c2ccccc2)(c2ccccc2)c2ccccc2)cc1. The second-order valence-corrected chi connectivity index (χ2v) is 11.6. The third kappa shape index (κ3) is 3.83. The monoisotopic (exact) mass is 446 g/mol. The number of hydrogen-bond donors (Lipinski definition) is 0. The molecular formula is C26H24BrP. The Morgan fingerprint density at radius 2 is 0.821 bits per heavy atom. The Hall–Kier alpha value is -2.21. The van der Waals surface area contributed by atoms with Gasteiger partial charge in [-0.25, -0.2) is 0 Å². The van der Waals surface area contributed by atoms with Crippen molar-refractivity contribution in [2.75, 3.05) is 0 Å². The maximum absolute atomic E-state index is 3.56. The zero-order valence-corrected chi connectivity index (χ0v) is 18.3. The van der Waals surface area contributed by atoms with Crippen LogP contribution in [0.2, 0.25) is 0 Å². The van der Waals surface area contributed by atoms with Gasteiger partial charge < -0.3 is 0 Å². The predicted octanol–water partition coefficient (Wildman–Crippen LogP) is 5.81. The molecule has 0 unspecified atom stereocenters. The van der Waals surface area contributed by atoms with E-state index in [1.54, 1.807) is 0 Å². The van der Waals surface area contributed by atoms with Gasteiger partial charge in [0.2, 0.25) is 0 Å². The molecule has 0 nitrogen and oxygen atoms in total. The van der Waals surface area contributed by atoms with Crippen LogP contribution in [-0.2, 0) is 11.5 Å². The van der Waals surface area contributed by atoms with E-state index < -0.39 is 7.26 Å². The summed E-state index contributed by atoms with van der Waals surface area (Å²) in [4.78, 5) is 0. The van der Waals surface area contributed by atoms with Crippen LogP contribution in [0.4, 0.5) is 0 Å². The van der Waals surface area contributed by atoms with E-state index in [4.69, 9.17) is 0 Å². The molecule has 0 N–H and O–H groups in total. The first-order valence-corrected chi connectivity index (χ1v) is 13.0. The van der Waals surface area contributed by atoms with E-state index in [1.807, 2.05) is 0 Å². The molecule has 0 saturated carbocycles. The van der Waals surface area contributed by atoms with Crippen LogP contribution in [0.15, 0.2) is 115 Å². The molecule has 0 saturated heterocycles. The summed E-state index contributed by atoms with van der Waals surface area (Å²) in [6.45, 7) is 0. The Balaban J connectivity index is 1.95. The summed E-state index contributed by atoms with van der Waals surface area (Å²) in [6.07, 6.45) is 1.05. The van der Waals surface area contributed by atoms with Gasteiger partial charge in [0.05, 0.1) is 0 Å². The van der Waals surface area contributed by atoms with E-state index in [0.29, 0.717) is 0 Å². The third-order valence-electron chi connectivity index (χ3n) is 5.45. The van der Waals surface area contributed by atoms with Crippen LogP contribution in [0.25, 0.3) is 0 Å². The molecule has 0 amide bonds. The number of benzene rings is 4. The first-order valence-electron chi connectivity index (χ1n) is 9.63. The summed E-state index contributed by atoms with van der Waals surface area (Å²) < 4.78 is 0. The molecule has 0 atom stereocenters. The van der Waals surface area contributed by atoms with Crippen LogP contribution in [-0.4, -0.2) is 0 Å². The van der Waals surface area contributed by atoms with Gasteiger partial charge in [0.1, 0.15) is 0 Å². The molecule has 0 fully saturated rings. The van der Waals surface area contributed by atoms with Crippen molar-refractivity contribution in [2.24, 2.45) is 0 Å². The summed E-state index contributed by atoms with van der Waals surface area (Å²) in [5.41, 5.74) is 2.71. The van der Waals surface area contributed by atoms with Gasteiger partial charge in [0.25, 0.3) is 0 Å². The van der Waals surface area contributed by atoms with Crippen LogP contribution in [0.1, 0.15) is 11.1 Å². The minimum atomic E-state index is -2.20. The predicted molar refractivity (Wildman–Crippen MR) is 129 cm³/mol. The van der Waals surface area contributed by atoms with E-state index >= 15 is 0 Å². The summed E-state index contributed by atoms with van der Waals surface area (Å²) in [7, 11) is -2.20. The molecule has 0 aliphatic heterocycles. The minimum absolute atomic E-state index is 0.895. The molecule has 0 spiro atoms. The molecule has 28 heavy (non-hydrogen) atoms. The van der Waals surface area contributed by atoms with Crippen molar-refractivity contribution in [3.8, 4) is 0 Å². The van der Waals surface area contributed by atoms with Crippen LogP contribution in [0, 0.1) is 0 Å². The topological polar surface area (TPSA) is 0 Å². The Labute approximate surface area is 176 Å². The van der Waals surface area contributed by atoms with Crippen LogP contribution in [0.3, 0.4) is 0 Å². The summed E-state index contributed by atoms with van der Waals surface area (Å²) in [5.74, 6) is 0. The van der Waals surface area contributed by atoms with Gasteiger partial charge in [-0.2, -0.15) is 0 Å². The maximum atomic E-state index is 3.56. The van der Waals surface area contributed by atoms with Gasteiger partial charge in [-0.3, -0.25) is 0 Å². The van der Waals surface area contributed by atoms with Gasteiger partial charge in [0, 0.05) is 0 Å². The Bertz CT molecular complexity index is 900. The number of rotatable bonds is 6.